The van der Waals surface area contributed by atoms with Gasteiger partial charge >= 0.3 is 6.18 Å². The number of rotatable bonds is 2. The molecule has 6 heteroatoms. The summed E-state index contributed by atoms with van der Waals surface area (Å²) in [5.74, 6) is -5.08. The molecule has 10 heavy (non-hydrogen) atoms. The Morgan fingerprint density at radius 3 is 2.00 bits per heavy atom. The summed E-state index contributed by atoms with van der Waals surface area (Å²) in [6, 6.07) is 0. The Balaban J connectivity index is 4.22. The number of hydrogen-bond acceptors (Lipinski definition) is 3. The Morgan fingerprint density at radius 1 is 1.60 bits per heavy atom. The van der Waals surface area contributed by atoms with Crippen molar-refractivity contribution in [2.45, 2.75) is 6.18 Å². The van der Waals surface area contributed by atoms with E-state index in [1.807, 2.05) is 0 Å². The van der Waals surface area contributed by atoms with Crippen LogP contribution >= 0.6 is 0 Å². The highest BCUT2D eigenvalue weighted by Crippen LogP contribution is 2.24. The van der Waals surface area contributed by atoms with E-state index in [2.05, 4.69) is 0 Å². The molecule has 0 aliphatic carbocycles. The summed E-state index contributed by atoms with van der Waals surface area (Å²) in [7, 11) is 0. The van der Waals surface area contributed by atoms with E-state index in [0.717, 1.165) is 0 Å². The molecule has 0 saturated heterocycles. The summed E-state index contributed by atoms with van der Waals surface area (Å²) >= 11 is 0. The van der Waals surface area contributed by atoms with Crippen LogP contribution in [0.15, 0.2) is 0 Å². The highest BCUT2D eigenvalue weighted by molar-refractivity contribution is 5.68. The number of aliphatic carboxylic acids is 1. The van der Waals surface area contributed by atoms with Crippen molar-refractivity contribution in [1.29, 1.82) is 0 Å². The van der Waals surface area contributed by atoms with Crippen molar-refractivity contribution < 1.29 is 28.2 Å². The van der Waals surface area contributed by atoms with E-state index in [0.29, 0.717) is 0 Å². The average Bonchev–Trinajstić information content (AvgIpc) is 1.60. The fraction of sp³-hybridized carbons (Fsp3) is 0.750. The van der Waals surface area contributed by atoms with Gasteiger partial charge in [0.2, 0.25) is 0 Å². The maximum atomic E-state index is 11.4. The zero-order valence-corrected chi connectivity index (χ0v) is 4.68. The van der Waals surface area contributed by atoms with Crippen LogP contribution in [0.25, 0.3) is 0 Å². The number of halogens is 3. The smallest absolute Gasteiger partial charge is 0.399 e. The summed E-state index contributed by atoms with van der Waals surface area (Å²) in [5, 5.41) is 17.5. The van der Waals surface area contributed by atoms with E-state index < -0.39 is 24.7 Å². The molecule has 1 atom stereocenters. The van der Waals surface area contributed by atoms with Gasteiger partial charge in [-0.25, -0.2) is 0 Å². The van der Waals surface area contributed by atoms with Crippen molar-refractivity contribution in [2.24, 2.45) is 5.92 Å². The summed E-state index contributed by atoms with van der Waals surface area (Å²) in [6.07, 6.45) is -4.92. The molecule has 0 fully saturated rings. The summed E-state index contributed by atoms with van der Waals surface area (Å²) in [4.78, 5) is 9.59. The predicted octanol–water partition coefficient (Wildman–Crippen LogP) is -1.09. The number of carbonyl (C=O) groups excluding carboxylic acids is 1. The molecule has 0 heterocycles. The third-order valence-corrected chi connectivity index (χ3v) is 0.862. The first kappa shape index (κ1) is 9.22. The van der Waals surface area contributed by atoms with Crippen LogP contribution in [0.3, 0.4) is 0 Å². The van der Waals surface area contributed by atoms with Gasteiger partial charge in [-0.3, -0.25) is 0 Å². The molecule has 1 N–H and O–H groups in total. The number of aliphatic hydroxyl groups is 1. The van der Waals surface area contributed by atoms with Gasteiger partial charge in [-0.05, 0) is 0 Å². The second-order valence-corrected chi connectivity index (χ2v) is 1.60. The van der Waals surface area contributed by atoms with Gasteiger partial charge in [0.1, 0.15) is 5.92 Å². The molecule has 0 amide bonds. The third-order valence-electron chi connectivity index (χ3n) is 0.862. The minimum atomic E-state index is -4.92. The van der Waals surface area contributed by atoms with Crippen molar-refractivity contribution in [2.75, 3.05) is 6.61 Å². The molecule has 3 nitrogen and oxygen atoms in total. The summed E-state index contributed by atoms with van der Waals surface area (Å²) < 4.78 is 34.2. The molecule has 0 spiro atoms. The standard InChI is InChI=1S/C4H5F3O3/c5-4(6,7)2(1-8)3(9)10/h2,8H,1H2,(H,9,10)/p-1/t2-/m0/s1. The molecular formula is C4H4F3O3-. The van der Waals surface area contributed by atoms with Gasteiger partial charge in [0.15, 0.2) is 0 Å². The Morgan fingerprint density at radius 2 is 2.00 bits per heavy atom. The molecule has 60 valence electrons. The molecule has 0 aromatic carbocycles. The van der Waals surface area contributed by atoms with E-state index >= 15 is 0 Å². The molecule has 0 aromatic rings. The van der Waals surface area contributed by atoms with E-state index in [-0.39, 0.29) is 0 Å². The average molecular weight is 157 g/mol. The lowest BCUT2D eigenvalue weighted by Crippen LogP contribution is -2.42. The van der Waals surface area contributed by atoms with Gasteiger partial charge in [-0.15, -0.1) is 0 Å². The van der Waals surface area contributed by atoms with E-state index in [1.54, 1.807) is 0 Å². The van der Waals surface area contributed by atoms with E-state index in [1.165, 1.54) is 0 Å². The van der Waals surface area contributed by atoms with Gasteiger partial charge in [0, 0.05) is 0 Å². The lowest BCUT2D eigenvalue weighted by atomic mass is 10.1. The van der Waals surface area contributed by atoms with Gasteiger partial charge in [0.25, 0.3) is 0 Å². The van der Waals surface area contributed by atoms with Crippen LogP contribution in [0, 0.1) is 5.92 Å². The van der Waals surface area contributed by atoms with Crippen molar-refractivity contribution in [1.82, 2.24) is 0 Å². The SMILES string of the molecule is O=C([O-])[C@H](CO)C(F)(F)F. The van der Waals surface area contributed by atoms with Crippen molar-refractivity contribution in [3.63, 3.8) is 0 Å². The summed E-state index contributed by atoms with van der Waals surface area (Å²) in [5.41, 5.74) is 0. The Kier molecular flexibility index (Phi) is 2.65. The Labute approximate surface area is 54.1 Å². The maximum Gasteiger partial charge on any atom is 0.399 e. The van der Waals surface area contributed by atoms with Crippen LogP contribution in [0.4, 0.5) is 13.2 Å². The highest BCUT2D eigenvalue weighted by Gasteiger charge is 2.39. The largest absolute Gasteiger partial charge is 0.549 e. The first-order chi connectivity index (χ1) is 4.39. The second kappa shape index (κ2) is 2.87. The quantitative estimate of drug-likeness (QED) is 0.553. The van der Waals surface area contributed by atoms with Crippen LogP contribution in [0.5, 0.6) is 0 Å². The van der Waals surface area contributed by atoms with Crippen LogP contribution in [-0.2, 0) is 4.79 Å². The topological polar surface area (TPSA) is 60.4 Å². The third kappa shape index (κ3) is 2.22. The van der Waals surface area contributed by atoms with E-state index in [9.17, 15) is 23.1 Å². The zero-order chi connectivity index (χ0) is 8.36. The van der Waals surface area contributed by atoms with Gasteiger partial charge in [0.05, 0.1) is 12.6 Å². The molecule has 0 saturated carbocycles. The van der Waals surface area contributed by atoms with Gasteiger partial charge in [-0.2, -0.15) is 13.2 Å². The monoisotopic (exact) mass is 157 g/mol. The number of alkyl halides is 3. The molecule has 0 radical (unpaired) electrons. The maximum absolute atomic E-state index is 11.4. The first-order valence-electron chi connectivity index (χ1n) is 2.28. The minimum Gasteiger partial charge on any atom is -0.549 e. The lowest BCUT2D eigenvalue weighted by Gasteiger charge is -2.17. The van der Waals surface area contributed by atoms with Crippen molar-refractivity contribution in [3.05, 3.63) is 0 Å². The number of carbonyl (C=O) groups is 1. The number of hydrogen-bond donors (Lipinski definition) is 1. The fourth-order valence-corrected chi connectivity index (χ4v) is 0.312. The first-order valence-corrected chi connectivity index (χ1v) is 2.28. The molecule has 0 aliphatic heterocycles. The zero-order valence-electron chi connectivity index (χ0n) is 4.68. The molecule has 0 bridgehead atoms. The molecule has 0 unspecified atom stereocenters. The number of carboxylic acids is 1. The normalized spacial score (nSPS) is 14.8. The van der Waals surface area contributed by atoms with Crippen LogP contribution in [0.2, 0.25) is 0 Å². The molecule has 0 aliphatic rings. The summed E-state index contributed by atoms with van der Waals surface area (Å²) in [6.45, 7) is -1.48. The molecule has 0 aromatic heterocycles. The number of aliphatic hydroxyl groups excluding tert-OH is 1. The van der Waals surface area contributed by atoms with Crippen LogP contribution in [-0.4, -0.2) is 23.9 Å². The molecular weight excluding hydrogens is 153 g/mol. The van der Waals surface area contributed by atoms with Gasteiger partial charge < -0.3 is 15.0 Å². The van der Waals surface area contributed by atoms with Crippen LogP contribution < -0.4 is 5.11 Å². The van der Waals surface area contributed by atoms with Crippen molar-refractivity contribution >= 4 is 5.97 Å². The second-order valence-electron chi connectivity index (χ2n) is 1.60. The van der Waals surface area contributed by atoms with Gasteiger partial charge in [-0.1, -0.05) is 0 Å². The van der Waals surface area contributed by atoms with Crippen LogP contribution in [0.1, 0.15) is 0 Å². The van der Waals surface area contributed by atoms with E-state index in [4.69, 9.17) is 5.11 Å². The lowest BCUT2D eigenvalue weighted by molar-refractivity contribution is -0.327. The van der Waals surface area contributed by atoms with Crippen molar-refractivity contribution in [3.8, 4) is 0 Å². The Bertz CT molecular complexity index is 130. The number of carboxylic acid groups (broad SMARTS) is 1. The highest BCUT2D eigenvalue weighted by atomic mass is 19.4. The minimum absolute atomic E-state index is 1.48. The molecule has 0 rings (SSSR count). The predicted molar refractivity (Wildman–Crippen MR) is 21.6 cm³/mol. The Hall–Kier alpha value is -0.780. The fourth-order valence-electron chi connectivity index (χ4n) is 0.312.